The minimum Gasteiger partial charge on any atom is -0.360 e. The molecule has 0 unspecified atom stereocenters. The van der Waals surface area contributed by atoms with Crippen molar-refractivity contribution in [1.29, 1.82) is 0 Å². The van der Waals surface area contributed by atoms with Crippen molar-refractivity contribution in [3.05, 3.63) is 47.1 Å². The van der Waals surface area contributed by atoms with Crippen molar-refractivity contribution in [1.82, 2.24) is 24.6 Å². The number of nitrogens with one attached hydrogen (secondary N) is 1. The van der Waals surface area contributed by atoms with Gasteiger partial charge in [0, 0.05) is 12.6 Å². The van der Waals surface area contributed by atoms with E-state index in [1.165, 1.54) is 11.8 Å². The monoisotopic (exact) mass is 509 g/mol. The summed E-state index contributed by atoms with van der Waals surface area (Å²) in [6, 6.07) is 1.32. The Morgan fingerprint density at radius 2 is 2.06 bits per heavy atom. The summed E-state index contributed by atoms with van der Waals surface area (Å²) in [7, 11) is -3.65. The number of sulfonamides is 1. The molecule has 4 rings (SSSR count). The van der Waals surface area contributed by atoms with Crippen LogP contribution in [0.5, 0.6) is 0 Å². The molecule has 8 nitrogen and oxygen atoms in total. The Hall–Kier alpha value is -1.98. The molecule has 34 heavy (non-hydrogen) atoms. The molecule has 2 aromatic heterocycles. The van der Waals surface area contributed by atoms with E-state index in [9.17, 15) is 12.8 Å². The summed E-state index contributed by atoms with van der Waals surface area (Å²) in [6.45, 7) is 4.46. The number of aryl methyl sites for hydroxylation is 1. The van der Waals surface area contributed by atoms with Gasteiger partial charge in [0.25, 0.3) is 0 Å². The Balaban J connectivity index is 1.57. The second-order valence-corrected chi connectivity index (χ2v) is 11.8. The van der Waals surface area contributed by atoms with Crippen molar-refractivity contribution in [2.75, 3.05) is 0 Å². The van der Waals surface area contributed by atoms with Gasteiger partial charge in [0.2, 0.25) is 10.0 Å². The minimum atomic E-state index is -3.65. The average Bonchev–Trinajstić information content (AvgIpc) is 3.43. The molecule has 1 N–H and O–H groups in total. The molecule has 1 fully saturated rings. The van der Waals surface area contributed by atoms with Crippen molar-refractivity contribution in [2.45, 2.75) is 93.7 Å². The molecule has 2 aliphatic carbocycles. The lowest BCUT2D eigenvalue weighted by molar-refractivity contribution is 0.251. The zero-order chi connectivity index (χ0) is 24.1. The van der Waals surface area contributed by atoms with Gasteiger partial charge in [-0.05, 0) is 58.8 Å². The molecule has 2 aromatic rings. The van der Waals surface area contributed by atoms with Crippen LogP contribution in [0.2, 0.25) is 0 Å². The predicted octanol–water partition coefficient (Wildman–Crippen LogP) is 4.79. The summed E-state index contributed by atoms with van der Waals surface area (Å²) in [5.74, 6) is 1.88. The summed E-state index contributed by atoms with van der Waals surface area (Å²) in [5.41, 5.74) is 1.89. The van der Waals surface area contributed by atoms with Crippen LogP contribution in [-0.4, -0.2) is 39.8 Å². The van der Waals surface area contributed by atoms with E-state index in [0.717, 1.165) is 29.9 Å². The van der Waals surface area contributed by atoms with Gasteiger partial charge in [-0.3, -0.25) is 0 Å². The van der Waals surface area contributed by atoms with Gasteiger partial charge in [-0.1, -0.05) is 40.7 Å². The van der Waals surface area contributed by atoms with Crippen molar-refractivity contribution < 1.29 is 17.3 Å². The summed E-state index contributed by atoms with van der Waals surface area (Å²) < 4.78 is 50.3. The van der Waals surface area contributed by atoms with Crippen molar-refractivity contribution in [3.63, 3.8) is 0 Å². The van der Waals surface area contributed by atoms with E-state index in [4.69, 9.17) is 4.52 Å². The predicted molar refractivity (Wildman–Crippen MR) is 130 cm³/mol. The first kappa shape index (κ1) is 25.1. The van der Waals surface area contributed by atoms with Gasteiger partial charge in [-0.15, -0.1) is 10.2 Å². The lowest BCUT2D eigenvalue weighted by Crippen LogP contribution is -2.40. The Kier molecular flexibility index (Phi) is 8.26. The van der Waals surface area contributed by atoms with Crippen LogP contribution < -0.4 is 4.72 Å². The number of halogens is 1. The first-order chi connectivity index (χ1) is 16.4. The number of allylic oxidation sites excluding steroid dienone is 3. The summed E-state index contributed by atoms with van der Waals surface area (Å²) in [6.07, 6.45) is 9.05. The number of nitrogens with zero attached hydrogens (tertiary/aromatic N) is 4. The maximum Gasteiger partial charge on any atom is 0.215 e. The lowest BCUT2D eigenvalue weighted by atomic mass is 9.98. The highest BCUT2D eigenvalue weighted by Crippen LogP contribution is 2.31. The summed E-state index contributed by atoms with van der Waals surface area (Å²) in [5, 5.41) is 12.8. The molecule has 0 spiro atoms. The maximum absolute atomic E-state index is 13.6. The van der Waals surface area contributed by atoms with Crippen LogP contribution in [0.1, 0.15) is 75.2 Å². The third-order valence-corrected chi connectivity index (χ3v) is 9.21. The summed E-state index contributed by atoms with van der Waals surface area (Å²) >= 11 is 1.48. The molecule has 0 saturated heterocycles. The molecular weight excluding hydrogens is 477 g/mol. The van der Waals surface area contributed by atoms with Gasteiger partial charge < -0.3 is 9.09 Å². The Morgan fingerprint density at radius 3 is 2.71 bits per heavy atom. The third kappa shape index (κ3) is 6.17. The van der Waals surface area contributed by atoms with E-state index in [-0.39, 0.29) is 12.8 Å². The highest BCUT2D eigenvalue weighted by molar-refractivity contribution is 7.98. The van der Waals surface area contributed by atoms with Gasteiger partial charge in [-0.2, -0.15) is 0 Å². The molecule has 0 bridgehead atoms. The Morgan fingerprint density at radius 1 is 1.26 bits per heavy atom. The number of hydrogen-bond donors (Lipinski definition) is 1. The van der Waals surface area contributed by atoms with E-state index in [1.807, 2.05) is 30.6 Å². The van der Waals surface area contributed by atoms with Crippen molar-refractivity contribution in [3.8, 4) is 0 Å². The smallest absolute Gasteiger partial charge is 0.215 e. The molecule has 0 aromatic carbocycles. The quantitative estimate of drug-likeness (QED) is 0.459. The molecule has 0 aliphatic heterocycles. The van der Waals surface area contributed by atoms with E-state index in [2.05, 4.69) is 32.2 Å². The average molecular weight is 510 g/mol. The second-order valence-electron chi connectivity index (χ2n) is 8.86. The number of hydrogen-bond acceptors (Lipinski definition) is 7. The zero-order valence-corrected chi connectivity index (χ0v) is 21.2. The zero-order valence-electron chi connectivity index (χ0n) is 19.6. The highest BCUT2D eigenvalue weighted by atomic mass is 32.2. The molecule has 0 radical (unpaired) electrons. The molecule has 1 saturated carbocycles. The number of thioether (sulfide) groups is 1. The van der Waals surface area contributed by atoms with Crippen molar-refractivity contribution in [2.24, 2.45) is 0 Å². The largest absolute Gasteiger partial charge is 0.360 e. The van der Waals surface area contributed by atoms with E-state index < -0.39 is 27.5 Å². The van der Waals surface area contributed by atoms with Gasteiger partial charge in [-0.25, -0.2) is 17.5 Å². The maximum atomic E-state index is 13.6. The second kappa shape index (κ2) is 11.2. The van der Waals surface area contributed by atoms with E-state index in [0.29, 0.717) is 42.5 Å². The third-order valence-electron chi connectivity index (χ3n) is 6.25. The van der Waals surface area contributed by atoms with E-state index in [1.54, 1.807) is 0 Å². The molecule has 2 heterocycles. The van der Waals surface area contributed by atoms with Gasteiger partial charge in [0.1, 0.15) is 11.9 Å². The molecule has 186 valence electrons. The van der Waals surface area contributed by atoms with Crippen LogP contribution >= 0.6 is 11.8 Å². The number of aromatic nitrogens is 4. The first-order valence-electron chi connectivity index (χ1n) is 11.8. The lowest BCUT2D eigenvalue weighted by Gasteiger charge is -2.27. The molecule has 1 atom stereocenters. The number of alkyl halides is 1. The standard InChI is InChI=1S/C23H32FN5O3S2/c1-3-29-22(25-26-23(29)33-15-19-13-16(2)27-32-19)21(14-17-7-5-4-6-8-17)28-34(30,31)20-11-9-18(24)10-12-20/h5,7-8,13,18,20-21,28H,3-4,6,9-12,14-15H2,1-2H3/t18?,20?,21-/m1/s1. The van der Waals surface area contributed by atoms with Crippen LogP contribution in [0, 0.1) is 6.92 Å². The Bertz CT molecular complexity index is 1130. The molecular formula is C23H32FN5O3S2. The summed E-state index contributed by atoms with van der Waals surface area (Å²) in [4.78, 5) is 0. The van der Waals surface area contributed by atoms with Crippen LogP contribution in [0.15, 0.2) is 39.5 Å². The fourth-order valence-electron chi connectivity index (χ4n) is 4.45. The minimum absolute atomic E-state index is 0.289. The van der Waals surface area contributed by atoms with Crippen LogP contribution in [0.25, 0.3) is 0 Å². The van der Waals surface area contributed by atoms with Crippen LogP contribution in [0.4, 0.5) is 4.39 Å². The highest BCUT2D eigenvalue weighted by Gasteiger charge is 2.34. The fourth-order valence-corrected chi connectivity index (χ4v) is 7.00. The first-order valence-corrected chi connectivity index (χ1v) is 14.4. The van der Waals surface area contributed by atoms with Gasteiger partial charge in [0.15, 0.2) is 11.0 Å². The van der Waals surface area contributed by atoms with Crippen LogP contribution in [-0.2, 0) is 22.3 Å². The normalized spacial score (nSPS) is 22.0. The number of rotatable bonds is 10. The van der Waals surface area contributed by atoms with Crippen molar-refractivity contribution >= 4 is 21.8 Å². The molecule has 11 heteroatoms. The molecule has 0 amide bonds. The fraction of sp³-hybridized carbons (Fsp3) is 0.609. The SMILES string of the molecule is CCn1c(SCc2cc(C)no2)nnc1[C@@H](CC1=CCCC=C1)NS(=O)(=O)C1CCC(F)CC1. The topological polar surface area (TPSA) is 103 Å². The van der Waals surface area contributed by atoms with Gasteiger partial charge >= 0.3 is 0 Å². The van der Waals surface area contributed by atoms with E-state index >= 15 is 0 Å². The van der Waals surface area contributed by atoms with Gasteiger partial charge in [0.05, 0.1) is 22.7 Å². The van der Waals surface area contributed by atoms with Crippen LogP contribution in [0.3, 0.4) is 0 Å². The Labute approximate surface area is 204 Å². The molecule has 2 aliphatic rings.